The number of nitrogens with zero attached hydrogens (tertiary/aromatic N) is 1. The van der Waals surface area contributed by atoms with Crippen LogP contribution in [0, 0.1) is 0 Å². The number of hydrogen-bond donors (Lipinski definition) is 1. The Morgan fingerprint density at radius 2 is 2.31 bits per heavy atom. The summed E-state index contributed by atoms with van der Waals surface area (Å²) < 4.78 is 5.59. The van der Waals surface area contributed by atoms with E-state index in [1.54, 1.807) is 0 Å². The Morgan fingerprint density at radius 3 is 2.94 bits per heavy atom. The van der Waals surface area contributed by atoms with Crippen molar-refractivity contribution < 1.29 is 14.6 Å². The maximum atomic E-state index is 11.4. The summed E-state index contributed by atoms with van der Waals surface area (Å²) in [7, 11) is 0. The van der Waals surface area contributed by atoms with Gasteiger partial charge in [-0.05, 0) is 45.6 Å². The summed E-state index contributed by atoms with van der Waals surface area (Å²) in [6.07, 6.45) is 5.32. The van der Waals surface area contributed by atoms with E-state index in [2.05, 4.69) is 4.90 Å². The molecule has 0 saturated carbocycles. The second-order valence-electron chi connectivity index (χ2n) is 5.12. The molecule has 1 N–H and O–H groups in total. The Balaban J connectivity index is 2.01. The molecule has 2 rings (SSSR count). The third-order valence-electron chi connectivity index (χ3n) is 3.95. The Morgan fingerprint density at radius 1 is 1.50 bits per heavy atom. The number of aliphatic carboxylic acids is 1. The summed E-state index contributed by atoms with van der Waals surface area (Å²) in [6, 6.07) is 0. The maximum Gasteiger partial charge on any atom is 0.323 e. The second kappa shape index (κ2) is 4.72. The number of hydrogen-bond acceptors (Lipinski definition) is 3. The lowest BCUT2D eigenvalue weighted by molar-refractivity contribution is -0.154. The van der Waals surface area contributed by atoms with E-state index in [0.29, 0.717) is 0 Å². The molecule has 92 valence electrons. The van der Waals surface area contributed by atoms with Crippen LogP contribution in [-0.4, -0.2) is 47.3 Å². The van der Waals surface area contributed by atoms with E-state index in [-0.39, 0.29) is 6.10 Å². The molecule has 2 atom stereocenters. The van der Waals surface area contributed by atoms with E-state index in [4.69, 9.17) is 4.74 Å². The van der Waals surface area contributed by atoms with Crippen LogP contribution in [0.5, 0.6) is 0 Å². The van der Waals surface area contributed by atoms with Crippen LogP contribution in [0.2, 0.25) is 0 Å². The first-order valence-electron chi connectivity index (χ1n) is 6.23. The van der Waals surface area contributed by atoms with Gasteiger partial charge < -0.3 is 9.84 Å². The fraction of sp³-hybridized carbons (Fsp3) is 0.917. The summed E-state index contributed by atoms with van der Waals surface area (Å²) >= 11 is 0. The first-order valence-corrected chi connectivity index (χ1v) is 6.23. The van der Waals surface area contributed by atoms with Crippen molar-refractivity contribution >= 4 is 5.97 Å². The zero-order valence-corrected chi connectivity index (χ0v) is 9.95. The van der Waals surface area contributed by atoms with Crippen molar-refractivity contribution in [3.05, 3.63) is 0 Å². The standard InChI is InChI=1S/C12H21NO3/c1-12(11(14)15)6-2-3-7-13(12)9-10-5-4-8-16-10/h10H,2-9H2,1H3,(H,14,15). The van der Waals surface area contributed by atoms with Gasteiger partial charge in [-0.15, -0.1) is 0 Å². The molecule has 4 nitrogen and oxygen atoms in total. The van der Waals surface area contributed by atoms with E-state index < -0.39 is 11.5 Å². The lowest BCUT2D eigenvalue weighted by atomic mass is 9.88. The molecule has 0 amide bonds. The average Bonchev–Trinajstić information content (AvgIpc) is 2.74. The van der Waals surface area contributed by atoms with E-state index in [1.165, 1.54) is 0 Å². The largest absolute Gasteiger partial charge is 0.480 e. The highest BCUT2D eigenvalue weighted by Gasteiger charge is 2.42. The van der Waals surface area contributed by atoms with E-state index in [1.807, 2.05) is 6.92 Å². The SMILES string of the molecule is CC1(C(=O)O)CCCCN1CC1CCCO1. The third kappa shape index (κ3) is 2.23. The smallest absolute Gasteiger partial charge is 0.323 e. The first kappa shape index (κ1) is 11.9. The van der Waals surface area contributed by atoms with Crippen molar-refractivity contribution in [1.29, 1.82) is 0 Å². The predicted octanol–water partition coefficient (Wildman–Crippen LogP) is 1.49. The molecule has 0 radical (unpaired) electrons. The predicted molar refractivity (Wildman–Crippen MR) is 60.4 cm³/mol. The van der Waals surface area contributed by atoms with E-state index in [0.717, 1.165) is 51.8 Å². The van der Waals surface area contributed by atoms with Crippen LogP contribution < -0.4 is 0 Å². The van der Waals surface area contributed by atoms with Crippen molar-refractivity contribution in [1.82, 2.24) is 4.90 Å². The van der Waals surface area contributed by atoms with Crippen LogP contribution in [0.15, 0.2) is 0 Å². The summed E-state index contributed by atoms with van der Waals surface area (Å²) in [5, 5.41) is 9.36. The topological polar surface area (TPSA) is 49.8 Å². The van der Waals surface area contributed by atoms with Gasteiger partial charge in [0.25, 0.3) is 0 Å². The lowest BCUT2D eigenvalue weighted by Crippen LogP contribution is -2.57. The van der Waals surface area contributed by atoms with Gasteiger partial charge in [-0.3, -0.25) is 9.69 Å². The average molecular weight is 227 g/mol. The van der Waals surface area contributed by atoms with Gasteiger partial charge >= 0.3 is 5.97 Å². The Labute approximate surface area is 96.6 Å². The summed E-state index contributed by atoms with van der Waals surface area (Å²) in [5.41, 5.74) is -0.676. The van der Waals surface area contributed by atoms with Gasteiger partial charge in [0.2, 0.25) is 0 Å². The minimum atomic E-state index is -0.690. The van der Waals surface area contributed by atoms with Gasteiger partial charge in [0.05, 0.1) is 6.10 Å². The summed E-state index contributed by atoms with van der Waals surface area (Å²) in [4.78, 5) is 13.5. The summed E-state index contributed by atoms with van der Waals surface area (Å²) in [5.74, 6) is -0.690. The van der Waals surface area contributed by atoms with E-state index >= 15 is 0 Å². The number of carboxylic acid groups (broad SMARTS) is 1. The quantitative estimate of drug-likeness (QED) is 0.793. The second-order valence-corrected chi connectivity index (χ2v) is 5.12. The van der Waals surface area contributed by atoms with E-state index in [9.17, 15) is 9.90 Å². The molecule has 2 unspecified atom stereocenters. The fourth-order valence-corrected chi connectivity index (χ4v) is 2.75. The molecule has 2 aliphatic rings. The minimum Gasteiger partial charge on any atom is -0.480 e. The highest BCUT2D eigenvalue weighted by molar-refractivity contribution is 5.78. The van der Waals surface area contributed by atoms with Crippen LogP contribution in [0.3, 0.4) is 0 Å². The lowest BCUT2D eigenvalue weighted by Gasteiger charge is -2.42. The van der Waals surface area contributed by atoms with Crippen LogP contribution in [0.25, 0.3) is 0 Å². The normalized spacial score (nSPS) is 36.4. The molecule has 0 aromatic carbocycles. The van der Waals surface area contributed by atoms with Gasteiger partial charge in [-0.25, -0.2) is 0 Å². The van der Waals surface area contributed by atoms with Gasteiger partial charge in [0.1, 0.15) is 5.54 Å². The number of carbonyl (C=O) groups is 1. The minimum absolute atomic E-state index is 0.247. The van der Waals surface area contributed by atoms with Crippen LogP contribution in [-0.2, 0) is 9.53 Å². The molecular formula is C12H21NO3. The van der Waals surface area contributed by atoms with Crippen molar-refractivity contribution in [3.63, 3.8) is 0 Å². The fourth-order valence-electron chi connectivity index (χ4n) is 2.75. The van der Waals surface area contributed by atoms with Crippen LogP contribution in [0.4, 0.5) is 0 Å². The number of rotatable bonds is 3. The molecule has 0 aromatic heterocycles. The Hall–Kier alpha value is -0.610. The highest BCUT2D eigenvalue weighted by Crippen LogP contribution is 2.29. The zero-order valence-electron chi connectivity index (χ0n) is 9.95. The van der Waals surface area contributed by atoms with Crippen LogP contribution in [0.1, 0.15) is 39.0 Å². The van der Waals surface area contributed by atoms with Crippen molar-refractivity contribution in [2.45, 2.75) is 50.7 Å². The van der Waals surface area contributed by atoms with Crippen molar-refractivity contribution in [2.24, 2.45) is 0 Å². The Kier molecular flexibility index (Phi) is 3.50. The molecule has 0 bridgehead atoms. The number of likely N-dealkylation sites (tertiary alicyclic amines) is 1. The molecule has 0 spiro atoms. The molecule has 2 saturated heterocycles. The zero-order chi connectivity index (χ0) is 11.6. The third-order valence-corrected chi connectivity index (χ3v) is 3.95. The monoisotopic (exact) mass is 227 g/mol. The molecule has 0 aliphatic carbocycles. The molecule has 2 fully saturated rings. The molecule has 16 heavy (non-hydrogen) atoms. The summed E-state index contributed by atoms with van der Waals surface area (Å²) in [6.45, 7) is 4.36. The van der Waals surface area contributed by atoms with Crippen LogP contribution >= 0.6 is 0 Å². The number of carboxylic acids is 1. The highest BCUT2D eigenvalue weighted by atomic mass is 16.5. The molecule has 4 heteroatoms. The van der Waals surface area contributed by atoms with Crippen molar-refractivity contribution in [2.75, 3.05) is 19.7 Å². The van der Waals surface area contributed by atoms with Gasteiger partial charge in [-0.1, -0.05) is 0 Å². The molecular weight excluding hydrogens is 206 g/mol. The Bertz CT molecular complexity index is 263. The van der Waals surface area contributed by atoms with Gasteiger partial charge in [0.15, 0.2) is 0 Å². The molecule has 2 aliphatic heterocycles. The number of ether oxygens (including phenoxy) is 1. The van der Waals surface area contributed by atoms with Gasteiger partial charge in [0, 0.05) is 13.2 Å². The maximum absolute atomic E-state index is 11.4. The first-order chi connectivity index (χ1) is 7.63. The molecule has 0 aromatic rings. The van der Waals surface area contributed by atoms with Gasteiger partial charge in [-0.2, -0.15) is 0 Å². The molecule has 2 heterocycles. The number of piperidine rings is 1. The van der Waals surface area contributed by atoms with Crippen molar-refractivity contribution in [3.8, 4) is 0 Å².